The minimum absolute atomic E-state index is 0.0283. The van der Waals surface area contributed by atoms with Crippen molar-refractivity contribution in [3.05, 3.63) is 59.2 Å². The maximum Gasteiger partial charge on any atom is 0.254 e. The lowest BCUT2D eigenvalue weighted by atomic mass is 9.87. The summed E-state index contributed by atoms with van der Waals surface area (Å²) in [5, 5.41) is 0. The monoisotopic (exact) mass is 483 g/mol. The summed E-state index contributed by atoms with van der Waals surface area (Å²) in [6.45, 7) is 7.73. The summed E-state index contributed by atoms with van der Waals surface area (Å²) < 4.78 is 23.5. The Morgan fingerprint density at radius 3 is 2.74 bits per heavy atom. The maximum atomic E-state index is 13.2. The highest BCUT2D eigenvalue weighted by atomic mass is 32.2. The fraction of sp³-hybridized carbons (Fsp3) is 0.500. The van der Waals surface area contributed by atoms with Crippen LogP contribution in [0.2, 0.25) is 0 Å². The van der Waals surface area contributed by atoms with E-state index in [0.717, 1.165) is 54.3 Å². The maximum absolute atomic E-state index is 13.2. The largest absolute Gasteiger partial charge is 0.486 e. The van der Waals surface area contributed by atoms with Crippen LogP contribution in [-0.4, -0.2) is 72.8 Å². The Balaban J connectivity index is 1.21. The lowest BCUT2D eigenvalue weighted by Crippen LogP contribution is -2.57. The van der Waals surface area contributed by atoms with Crippen LogP contribution in [0.15, 0.2) is 42.5 Å². The number of nitrogens with one attached hydrogen (secondary N) is 1. The summed E-state index contributed by atoms with van der Waals surface area (Å²) in [6, 6.07) is 14.0. The number of aryl methyl sites for hydroxylation is 2. The summed E-state index contributed by atoms with van der Waals surface area (Å²) >= 11 is 1.64. The molecule has 3 aliphatic heterocycles. The third-order valence-electron chi connectivity index (χ3n) is 7.22. The van der Waals surface area contributed by atoms with Gasteiger partial charge in [0.25, 0.3) is 5.91 Å². The zero-order chi connectivity index (χ0) is 23.7. The number of ether oxygens (including phenoxy) is 3. The number of carbonyl (C=O) groups excluding carboxylic acids is 1. The number of methoxy groups -OCH3 is 1. The molecule has 0 radical (unpaired) electrons. The van der Waals surface area contributed by atoms with Gasteiger partial charge in [-0.15, -0.1) is 0 Å². The number of hydrogen-bond donors (Lipinski definition) is 1. The number of nitrogens with zero attached hydrogens (tertiary/aromatic N) is 2. The molecule has 3 aliphatic rings. The van der Waals surface area contributed by atoms with Crippen LogP contribution in [0.25, 0.3) is 0 Å². The standard InChI is InChI=1S/C26H33N3O4S/c1-18-7-8-19(2)22(13-18)25(30)28-15-23(31-3)24(16-28)33-21-6-4-5-20(14-21)27-34-29-11-9-26(29)10-12-32-17-26/h4-8,13-14,23-24,27H,9-12,15-17H2,1-3H3/t23?,24-,26?/m1/s1. The molecule has 2 aromatic rings. The average Bonchev–Trinajstić information content (AvgIpc) is 3.49. The smallest absolute Gasteiger partial charge is 0.254 e. The fourth-order valence-electron chi connectivity index (χ4n) is 4.95. The summed E-state index contributed by atoms with van der Waals surface area (Å²) in [5.41, 5.74) is 4.00. The van der Waals surface area contributed by atoms with E-state index in [9.17, 15) is 4.79 Å². The van der Waals surface area contributed by atoms with Gasteiger partial charge in [0.05, 0.1) is 25.2 Å². The molecule has 2 aromatic carbocycles. The fourth-order valence-corrected chi connectivity index (χ4v) is 5.91. The molecule has 182 valence electrons. The van der Waals surface area contributed by atoms with Gasteiger partial charge in [-0.25, -0.2) is 4.31 Å². The van der Waals surface area contributed by atoms with Crippen molar-refractivity contribution in [1.29, 1.82) is 0 Å². The molecule has 3 saturated heterocycles. The lowest BCUT2D eigenvalue weighted by molar-refractivity contribution is 0.0340. The third-order valence-corrected chi connectivity index (χ3v) is 8.33. The molecule has 0 bridgehead atoms. The first-order valence-corrected chi connectivity index (χ1v) is 12.7. The van der Waals surface area contributed by atoms with E-state index in [0.29, 0.717) is 13.1 Å². The van der Waals surface area contributed by atoms with Crippen LogP contribution in [0, 0.1) is 13.8 Å². The average molecular weight is 484 g/mol. The Morgan fingerprint density at radius 2 is 2.00 bits per heavy atom. The minimum atomic E-state index is -0.226. The summed E-state index contributed by atoms with van der Waals surface area (Å²) in [5.74, 6) is 0.793. The number of rotatable bonds is 7. The van der Waals surface area contributed by atoms with Gasteiger partial charge in [-0.1, -0.05) is 23.8 Å². The second-order valence-corrected chi connectivity index (χ2v) is 10.4. The normalized spacial score (nSPS) is 26.6. The molecule has 2 unspecified atom stereocenters. The van der Waals surface area contributed by atoms with Crippen LogP contribution in [0.1, 0.15) is 34.3 Å². The first kappa shape index (κ1) is 23.5. The summed E-state index contributed by atoms with van der Waals surface area (Å²) in [7, 11) is 1.68. The molecule has 0 saturated carbocycles. The highest BCUT2D eigenvalue weighted by Gasteiger charge is 2.48. The molecule has 8 heteroatoms. The van der Waals surface area contributed by atoms with Gasteiger partial charge >= 0.3 is 0 Å². The van der Waals surface area contributed by atoms with Gasteiger partial charge in [-0.3, -0.25) is 4.79 Å². The Bertz CT molecular complexity index is 1040. The first-order chi connectivity index (χ1) is 16.5. The van der Waals surface area contributed by atoms with E-state index in [-0.39, 0.29) is 23.7 Å². The molecule has 0 aliphatic carbocycles. The van der Waals surface area contributed by atoms with E-state index in [1.165, 1.54) is 6.42 Å². The Morgan fingerprint density at radius 1 is 1.15 bits per heavy atom. The number of amides is 1. The topological polar surface area (TPSA) is 63.3 Å². The molecule has 1 spiro atoms. The van der Waals surface area contributed by atoms with Crippen molar-refractivity contribution in [2.45, 2.75) is 44.4 Å². The molecule has 3 atom stereocenters. The highest BCUT2D eigenvalue weighted by molar-refractivity contribution is 7.98. The quantitative estimate of drug-likeness (QED) is 0.596. The Hall–Kier alpha value is -2.26. The van der Waals surface area contributed by atoms with Crippen molar-refractivity contribution in [3.8, 4) is 5.75 Å². The molecule has 3 heterocycles. The molecular formula is C26H33N3O4S. The van der Waals surface area contributed by atoms with E-state index < -0.39 is 0 Å². The Kier molecular flexibility index (Phi) is 6.75. The van der Waals surface area contributed by atoms with Crippen molar-refractivity contribution >= 4 is 23.7 Å². The zero-order valence-electron chi connectivity index (χ0n) is 20.1. The van der Waals surface area contributed by atoms with Crippen molar-refractivity contribution in [2.75, 3.05) is 44.7 Å². The van der Waals surface area contributed by atoms with Crippen LogP contribution in [0.5, 0.6) is 5.75 Å². The number of hydrogen-bond acceptors (Lipinski definition) is 7. The van der Waals surface area contributed by atoms with Gasteiger partial charge in [0.1, 0.15) is 18.0 Å². The third kappa shape index (κ3) is 4.64. The van der Waals surface area contributed by atoms with Crippen molar-refractivity contribution in [3.63, 3.8) is 0 Å². The van der Waals surface area contributed by atoms with Crippen LogP contribution in [0.3, 0.4) is 0 Å². The van der Waals surface area contributed by atoms with E-state index in [1.54, 1.807) is 19.2 Å². The molecule has 1 amide bonds. The molecule has 3 fully saturated rings. The van der Waals surface area contributed by atoms with Gasteiger partial charge < -0.3 is 23.8 Å². The molecular weight excluding hydrogens is 450 g/mol. The summed E-state index contributed by atoms with van der Waals surface area (Å²) in [6.07, 6.45) is 1.89. The zero-order valence-corrected chi connectivity index (χ0v) is 20.9. The first-order valence-electron chi connectivity index (χ1n) is 11.9. The second-order valence-electron chi connectivity index (χ2n) is 9.56. The SMILES string of the molecule is COC1CN(C(=O)c2cc(C)ccc2C)C[C@H]1Oc1cccc(NSN2CCC23CCOC3)c1. The highest BCUT2D eigenvalue weighted by Crippen LogP contribution is 2.42. The van der Waals surface area contributed by atoms with Crippen LogP contribution >= 0.6 is 12.1 Å². The lowest BCUT2D eigenvalue weighted by Gasteiger charge is -2.48. The van der Waals surface area contributed by atoms with Gasteiger partial charge in [0.2, 0.25) is 0 Å². The molecule has 1 N–H and O–H groups in total. The predicted molar refractivity (Wildman–Crippen MR) is 134 cm³/mol. The van der Waals surface area contributed by atoms with E-state index in [1.807, 2.05) is 61.2 Å². The number of likely N-dealkylation sites (tertiary alicyclic amines) is 1. The van der Waals surface area contributed by atoms with Gasteiger partial charge in [0.15, 0.2) is 0 Å². The second kappa shape index (κ2) is 9.77. The van der Waals surface area contributed by atoms with Crippen molar-refractivity contribution in [1.82, 2.24) is 9.21 Å². The van der Waals surface area contributed by atoms with Crippen molar-refractivity contribution in [2.24, 2.45) is 0 Å². The van der Waals surface area contributed by atoms with Crippen LogP contribution < -0.4 is 9.46 Å². The van der Waals surface area contributed by atoms with Gasteiger partial charge in [0, 0.05) is 49.7 Å². The summed E-state index contributed by atoms with van der Waals surface area (Å²) in [4.78, 5) is 15.1. The molecule has 0 aromatic heterocycles. The van der Waals surface area contributed by atoms with Gasteiger partial charge in [-0.05, 0) is 50.5 Å². The van der Waals surface area contributed by atoms with E-state index in [4.69, 9.17) is 14.2 Å². The van der Waals surface area contributed by atoms with E-state index in [2.05, 4.69) is 9.03 Å². The minimum Gasteiger partial charge on any atom is -0.486 e. The van der Waals surface area contributed by atoms with Crippen molar-refractivity contribution < 1.29 is 19.0 Å². The van der Waals surface area contributed by atoms with E-state index >= 15 is 0 Å². The Labute approximate surface area is 206 Å². The van der Waals surface area contributed by atoms with Crippen LogP contribution in [0.4, 0.5) is 5.69 Å². The molecule has 7 nitrogen and oxygen atoms in total. The van der Waals surface area contributed by atoms with Crippen LogP contribution in [-0.2, 0) is 9.47 Å². The number of carbonyl (C=O) groups is 1. The van der Waals surface area contributed by atoms with Gasteiger partial charge in [-0.2, -0.15) is 0 Å². The number of anilines is 1. The number of benzene rings is 2. The molecule has 34 heavy (non-hydrogen) atoms. The molecule has 5 rings (SSSR count). The predicted octanol–water partition coefficient (Wildman–Crippen LogP) is 4.06.